The van der Waals surface area contributed by atoms with Gasteiger partial charge in [-0.3, -0.25) is 0 Å². The lowest BCUT2D eigenvalue weighted by atomic mass is 9.89. The molecule has 0 amide bonds. The first kappa shape index (κ1) is 14.5. The Morgan fingerprint density at radius 3 is 2.63 bits per heavy atom. The Kier molecular flexibility index (Phi) is 5.87. The van der Waals surface area contributed by atoms with Crippen LogP contribution in [0.25, 0.3) is 0 Å². The van der Waals surface area contributed by atoms with Gasteiger partial charge in [0.1, 0.15) is 0 Å². The predicted molar refractivity (Wildman–Crippen MR) is 82.5 cm³/mol. The van der Waals surface area contributed by atoms with Gasteiger partial charge in [-0.25, -0.2) is 0 Å². The van der Waals surface area contributed by atoms with E-state index in [1.807, 2.05) is 0 Å². The Morgan fingerprint density at radius 2 is 1.89 bits per heavy atom. The molecule has 19 heavy (non-hydrogen) atoms. The molecule has 1 aliphatic carbocycles. The van der Waals surface area contributed by atoms with Crippen molar-refractivity contribution in [3.63, 3.8) is 0 Å². The van der Waals surface area contributed by atoms with Crippen molar-refractivity contribution in [2.24, 2.45) is 0 Å². The van der Waals surface area contributed by atoms with E-state index in [-0.39, 0.29) is 0 Å². The summed E-state index contributed by atoms with van der Waals surface area (Å²) < 4.78 is 0. The molecule has 1 aromatic carbocycles. The molecule has 1 aliphatic rings. The molecule has 2 heteroatoms. The van der Waals surface area contributed by atoms with Crippen LogP contribution in [0.15, 0.2) is 30.3 Å². The highest BCUT2D eigenvalue weighted by Gasteiger charge is 2.27. The van der Waals surface area contributed by atoms with E-state index < -0.39 is 0 Å². The van der Waals surface area contributed by atoms with E-state index in [4.69, 9.17) is 0 Å². The summed E-state index contributed by atoms with van der Waals surface area (Å²) in [6.45, 7) is 4.47. The Morgan fingerprint density at radius 1 is 1.16 bits per heavy atom. The van der Waals surface area contributed by atoms with Crippen LogP contribution in [0, 0.1) is 0 Å². The van der Waals surface area contributed by atoms with Gasteiger partial charge in [0.15, 0.2) is 0 Å². The van der Waals surface area contributed by atoms with Crippen molar-refractivity contribution in [1.82, 2.24) is 10.2 Å². The van der Waals surface area contributed by atoms with Gasteiger partial charge in [0.25, 0.3) is 0 Å². The fourth-order valence-electron chi connectivity index (χ4n) is 3.26. The summed E-state index contributed by atoms with van der Waals surface area (Å²) in [5.41, 5.74) is 1.45. The Labute approximate surface area is 118 Å². The average Bonchev–Trinajstić information content (AvgIpc) is 2.47. The number of benzene rings is 1. The lowest BCUT2D eigenvalue weighted by Gasteiger charge is -2.38. The Bertz CT molecular complexity index is 348. The van der Waals surface area contributed by atoms with Gasteiger partial charge >= 0.3 is 0 Å². The van der Waals surface area contributed by atoms with E-state index in [1.165, 1.54) is 31.2 Å². The molecule has 0 radical (unpaired) electrons. The number of rotatable bonds is 6. The minimum atomic E-state index is 0.694. The number of nitrogens with one attached hydrogen (secondary N) is 1. The highest BCUT2D eigenvalue weighted by Crippen LogP contribution is 2.22. The molecule has 106 valence electrons. The molecule has 0 heterocycles. The van der Waals surface area contributed by atoms with E-state index in [9.17, 15) is 0 Å². The summed E-state index contributed by atoms with van der Waals surface area (Å²) in [6, 6.07) is 12.2. The molecule has 1 N–H and O–H groups in total. The molecule has 1 saturated carbocycles. The molecule has 2 nitrogen and oxygen atoms in total. The molecule has 2 unspecified atom stereocenters. The van der Waals surface area contributed by atoms with Gasteiger partial charge in [-0.15, -0.1) is 0 Å². The van der Waals surface area contributed by atoms with Gasteiger partial charge < -0.3 is 10.2 Å². The lowest BCUT2D eigenvalue weighted by Crippen LogP contribution is -2.50. The van der Waals surface area contributed by atoms with Crippen molar-refractivity contribution in [1.29, 1.82) is 0 Å². The number of hydrogen-bond donors (Lipinski definition) is 1. The van der Waals surface area contributed by atoms with Gasteiger partial charge in [-0.05, 0) is 38.4 Å². The molecule has 0 bridgehead atoms. The Hall–Kier alpha value is -0.860. The standard InChI is InChI=1S/C17H28N2/c1-3-18-16-11-7-8-12-17(16)19(2)14-13-15-9-5-4-6-10-15/h4-6,9-10,16-18H,3,7-8,11-14H2,1-2H3. The number of hydrogen-bond acceptors (Lipinski definition) is 2. The van der Waals surface area contributed by atoms with E-state index >= 15 is 0 Å². The first-order valence-corrected chi connectivity index (χ1v) is 7.79. The summed E-state index contributed by atoms with van der Waals surface area (Å²) >= 11 is 0. The van der Waals surface area contributed by atoms with Gasteiger partial charge in [0, 0.05) is 18.6 Å². The summed E-state index contributed by atoms with van der Waals surface area (Å²) in [6.07, 6.45) is 6.63. The quantitative estimate of drug-likeness (QED) is 0.845. The maximum absolute atomic E-state index is 3.67. The summed E-state index contributed by atoms with van der Waals surface area (Å²) in [4.78, 5) is 2.57. The van der Waals surface area contributed by atoms with E-state index in [0.717, 1.165) is 25.6 Å². The lowest BCUT2D eigenvalue weighted by molar-refractivity contribution is 0.152. The zero-order chi connectivity index (χ0) is 13.5. The van der Waals surface area contributed by atoms with Crippen molar-refractivity contribution in [2.75, 3.05) is 20.1 Å². The molecule has 1 aromatic rings. The molecular weight excluding hydrogens is 232 g/mol. The second-order valence-electron chi connectivity index (χ2n) is 5.73. The molecule has 2 atom stereocenters. The summed E-state index contributed by atoms with van der Waals surface area (Å²) in [7, 11) is 2.29. The monoisotopic (exact) mass is 260 g/mol. The van der Waals surface area contributed by atoms with Crippen LogP contribution in [0.2, 0.25) is 0 Å². The summed E-state index contributed by atoms with van der Waals surface area (Å²) in [5, 5.41) is 3.67. The molecule has 0 saturated heterocycles. The van der Waals surface area contributed by atoms with Gasteiger partial charge in [0.2, 0.25) is 0 Å². The van der Waals surface area contributed by atoms with Crippen LogP contribution >= 0.6 is 0 Å². The fourth-order valence-corrected chi connectivity index (χ4v) is 3.26. The summed E-state index contributed by atoms with van der Waals surface area (Å²) in [5.74, 6) is 0. The highest BCUT2D eigenvalue weighted by molar-refractivity contribution is 5.14. The zero-order valence-electron chi connectivity index (χ0n) is 12.4. The minimum Gasteiger partial charge on any atom is -0.313 e. The van der Waals surface area contributed by atoms with Crippen molar-refractivity contribution in [3.8, 4) is 0 Å². The molecule has 0 aliphatic heterocycles. The molecule has 0 spiro atoms. The second kappa shape index (κ2) is 7.66. The van der Waals surface area contributed by atoms with Crippen LogP contribution in [-0.2, 0) is 6.42 Å². The van der Waals surface area contributed by atoms with E-state index in [0.29, 0.717) is 6.04 Å². The van der Waals surface area contributed by atoms with Gasteiger partial charge in [-0.2, -0.15) is 0 Å². The van der Waals surface area contributed by atoms with Crippen molar-refractivity contribution >= 4 is 0 Å². The third-order valence-electron chi connectivity index (χ3n) is 4.36. The number of likely N-dealkylation sites (N-methyl/N-ethyl adjacent to an activating group) is 2. The fraction of sp³-hybridized carbons (Fsp3) is 0.647. The van der Waals surface area contributed by atoms with Crippen molar-refractivity contribution in [3.05, 3.63) is 35.9 Å². The third kappa shape index (κ3) is 4.32. The average molecular weight is 260 g/mol. The number of nitrogens with zero attached hydrogens (tertiary/aromatic N) is 1. The highest BCUT2D eigenvalue weighted by atomic mass is 15.2. The molecule has 2 rings (SSSR count). The molecule has 0 aromatic heterocycles. The normalized spacial score (nSPS) is 23.7. The maximum atomic E-state index is 3.67. The third-order valence-corrected chi connectivity index (χ3v) is 4.36. The van der Waals surface area contributed by atoms with Crippen LogP contribution in [0.5, 0.6) is 0 Å². The van der Waals surface area contributed by atoms with Gasteiger partial charge in [-0.1, -0.05) is 50.1 Å². The van der Waals surface area contributed by atoms with E-state index in [2.05, 4.69) is 54.5 Å². The first-order chi connectivity index (χ1) is 9.31. The minimum absolute atomic E-state index is 0.694. The largest absolute Gasteiger partial charge is 0.313 e. The smallest absolute Gasteiger partial charge is 0.0246 e. The topological polar surface area (TPSA) is 15.3 Å². The van der Waals surface area contributed by atoms with Crippen LogP contribution in [0.1, 0.15) is 38.2 Å². The second-order valence-corrected chi connectivity index (χ2v) is 5.73. The van der Waals surface area contributed by atoms with Crippen molar-refractivity contribution in [2.45, 2.75) is 51.1 Å². The maximum Gasteiger partial charge on any atom is 0.0246 e. The van der Waals surface area contributed by atoms with Crippen LogP contribution in [-0.4, -0.2) is 37.1 Å². The predicted octanol–water partition coefficient (Wildman–Crippen LogP) is 3.08. The van der Waals surface area contributed by atoms with Crippen LogP contribution in [0.4, 0.5) is 0 Å². The van der Waals surface area contributed by atoms with E-state index in [1.54, 1.807) is 0 Å². The Balaban J connectivity index is 1.85. The SMILES string of the molecule is CCNC1CCCCC1N(C)CCc1ccccc1. The molecule has 1 fully saturated rings. The van der Waals surface area contributed by atoms with Crippen LogP contribution in [0.3, 0.4) is 0 Å². The molecular formula is C17H28N2. The first-order valence-electron chi connectivity index (χ1n) is 7.79. The van der Waals surface area contributed by atoms with Crippen molar-refractivity contribution < 1.29 is 0 Å². The van der Waals surface area contributed by atoms with Gasteiger partial charge in [0.05, 0.1) is 0 Å². The van der Waals surface area contributed by atoms with Crippen LogP contribution < -0.4 is 5.32 Å². The zero-order valence-corrected chi connectivity index (χ0v) is 12.4.